The Hall–Kier alpha value is 2.55. The first-order valence-corrected chi connectivity index (χ1v) is 10.5. The van der Waals surface area contributed by atoms with Crippen molar-refractivity contribution < 1.29 is 136 Å². The first-order valence-electron chi connectivity index (χ1n) is 6.52. The molecule has 1 aliphatic heterocycles. The van der Waals surface area contributed by atoms with E-state index in [2.05, 4.69) is 8.83 Å². The second-order valence-electron chi connectivity index (χ2n) is 4.96. The number of H-pyrrole nitrogens is 1. The summed E-state index contributed by atoms with van der Waals surface area (Å²) >= 11 is 1.60. The number of hydrogen-bond donors (Lipinski definition) is 3. The summed E-state index contributed by atoms with van der Waals surface area (Å²) in [6.07, 6.45) is -5.47. The maximum atomic E-state index is 11.8. The molecule has 2 heterocycles. The number of aromatic nitrogens is 2. The fraction of sp³-hybridized carbons (Fsp3) is 0.556. The molecular formula is C9H10IN2Na3O12P2. The van der Waals surface area contributed by atoms with Crippen molar-refractivity contribution in [2.75, 3.05) is 6.61 Å². The number of hydrogen-bond acceptors (Lipinski definition) is 12. The Morgan fingerprint density at radius 2 is 1.72 bits per heavy atom. The van der Waals surface area contributed by atoms with Crippen LogP contribution in [-0.2, 0) is 22.7 Å². The predicted octanol–water partition coefficient (Wildman–Crippen LogP) is -12.9. The van der Waals surface area contributed by atoms with E-state index in [1.165, 1.54) is 0 Å². The summed E-state index contributed by atoms with van der Waals surface area (Å²) in [5.74, 6) is 0. The molecule has 0 saturated carbocycles. The van der Waals surface area contributed by atoms with E-state index in [9.17, 15) is 43.6 Å². The number of phosphoric acid groups is 2. The largest absolute Gasteiger partial charge is 1.00 e. The predicted molar refractivity (Wildman–Crippen MR) is 82.2 cm³/mol. The summed E-state index contributed by atoms with van der Waals surface area (Å²) in [6.45, 7) is -1.02. The number of nitrogens with zero attached hydrogens (tertiary/aromatic N) is 1. The number of rotatable bonds is 6. The van der Waals surface area contributed by atoms with E-state index in [4.69, 9.17) is 4.74 Å². The molecule has 5 atom stereocenters. The SMILES string of the molecule is O=c1[nH]c(=O)n([C@@H]2O[C@H](COP(=O)([O-])OP(=O)([O-])[O-])[C@@H](O)[C@H]2O)cc1I.[Na+].[Na+].[Na+]. The van der Waals surface area contributed by atoms with E-state index >= 15 is 0 Å². The number of phosphoric ester groups is 1. The van der Waals surface area contributed by atoms with Crippen molar-refractivity contribution in [1.82, 2.24) is 9.55 Å². The van der Waals surface area contributed by atoms with E-state index in [-0.39, 0.29) is 92.2 Å². The summed E-state index contributed by atoms with van der Waals surface area (Å²) in [5.41, 5.74) is -1.66. The fourth-order valence-electron chi connectivity index (χ4n) is 2.06. The summed E-state index contributed by atoms with van der Waals surface area (Å²) in [4.78, 5) is 56.9. The average Bonchev–Trinajstić information content (AvgIpc) is 2.75. The van der Waals surface area contributed by atoms with Crippen molar-refractivity contribution in [3.63, 3.8) is 0 Å². The number of aromatic amines is 1. The normalized spacial score (nSPS) is 25.9. The van der Waals surface area contributed by atoms with Crippen LogP contribution in [0, 0.1) is 3.57 Å². The van der Waals surface area contributed by atoms with Gasteiger partial charge in [-0.1, -0.05) is 0 Å². The van der Waals surface area contributed by atoms with Gasteiger partial charge in [0.05, 0.1) is 18.0 Å². The molecule has 29 heavy (non-hydrogen) atoms. The van der Waals surface area contributed by atoms with Crippen LogP contribution in [-0.4, -0.2) is 44.7 Å². The van der Waals surface area contributed by atoms with Crippen LogP contribution in [0.15, 0.2) is 15.8 Å². The molecule has 0 radical (unpaired) electrons. The topological polar surface area (TPSA) is 226 Å². The van der Waals surface area contributed by atoms with Crippen LogP contribution >= 0.6 is 38.2 Å². The van der Waals surface area contributed by atoms with Crippen LogP contribution in [0.3, 0.4) is 0 Å². The maximum Gasteiger partial charge on any atom is 1.00 e. The quantitative estimate of drug-likeness (QED) is 0.158. The minimum absolute atomic E-state index is 0. The molecule has 1 aromatic heterocycles. The van der Waals surface area contributed by atoms with Gasteiger partial charge in [-0.05, 0) is 22.6 Å². The Kier molecular flexibility index (Phi) is 15.6. The van der Waals surface area contributed by atoms with E-state index in [1.807, 2.05) is 4.98 Å². The Balaban J connectivity index is 0. The molecule has 20 heteroatoms. The summed E-state index contributed by atoms with van der Waals surface area (Å²) in [5, 5.41) is 19.9. The summed E-state index contributed by atoms with van der Waals surface area (Å²) in [6, 6.07) is 0. The smallest absolute Gasteiger partial charge is 0.790 e. The first kappa shape index (κ1) is 33.7. The monoisotopic (exact) mass is 596 g/mol. The minimum Gasteiger partial charge on any atom is -0.790 e. The van der Waals surface area contributed by atoms with E-state index in [1.54, 1.807) is 22.6 Å². The van der Waals surface area contributed by atoms with Gasteiger partial charge in [-0.3, -0.25) is 23.2 Å². The van der Waals surface area contributed by atoms with Gasteiger partial charge < -0.3 is 38.7 Å². The van der Waals surface area contributed by atoms with Crippen LogP contribution in [0.2, 0.25) is 0 Å². The van der Waals surface area contributed by atoms with Crippen LogP contribution < -0.4 is 115 Å². The molecule has 148 valence electrons. The van der Waals surface area contributed by atoms with Crippen molar-refractivity contribution >= 4 is 38.2 Å². The molecule has 1 saturated heterocycles. The Morgan fingerprint density at radius 3 is 2.24 bits per heavy atom. The molecule has 0 spiro atoms. The molecule has 0 aliphatic carbocycles. The molecule has 1 aliphatic rings. The number of ether oxygens (including phenoxy) is 1. The van der Waals surface area contributed by atoms with E-state index in [0.29, 0.717) is 0 Å². The van der Waals surface area contributed by atoms with Gasteiger partial charge in [-0.15, -0.1) is 0 Å². The molecule has 1 unspecified atom stereocenters. The third-order valence-corrected chi connectivity index (χ3v) is 5.97. The molecule has 0 bridgehead atoms. The van der Waals surface area contributed by atoms with Gasteiger partial charge in [0.15, 0.2) is 6.23 Å². The van der Waals surface area contributed by atoms with Crippen LogP contribution in [0.1, 0.15) is 6.23 Å². The molecule has 0 amide bonds. The fourth-order valence-corrected chi connectivity index (χ4v) is 3.99. The van der Waals surface area contributed by atoms with Gasteiger partial charge in [0, 0.05) is 6.20 Å². The average molecular weight is 596 g/mol. The molecule has 1 aromatic rings. The first-order chi connectivity index (χ1) is 11.8. The van der Waals surface area contributed by atoms with Crippen LogP contribution in [0.25, 0.3) is 0 Å². The van der Waals surface area contributed by atoms with E-state index in [0.717, 1.165) is 10.8 Å². The number of nitrogens with one attached hydrogen (secondary N) is 1. The van der Waals surface area contributed by atoms with Crippen molar-refractivity contribution in [3.8, 4) is 0 Å². The molecule has 0 aromatic carbocycles. The van der Waals surface area contributed by atoms with Crippen molar-refractivity contribution in [3.05, 3.63) is 30.6 Å². The van der Waals surface area contributed by atoms with Gasteiger partial charge in [-0.2, -0.15) is 0 Å². The zero-order valence-corrected chi connectivity index (χ0v) is 25.2. The Morgan fingerprint density at radius 1 is 1.17 bits per heavy atom. The van der Waals surface area contributed by atoms with Crippen LogP contribution in [0.4, 0.5) is 0 Å². The number of aliphatic hydroxyl groups excluding tert-OH is 2. The van der Waals surface area contributed by atoms with Crippen LogP contribution in [0.5, 0.6) is 0 Å². The second kappa shape index (κ2) is 13.4. The third kappa shape index (κ3) is 9.74. The van der Waals surface area contributed by atoms with Gasteiger partial charge in [0.25, 0.3) is 13.4 Å². The number of halogens is 1. The zero-order chi connectivity index (χ0) is 19.9. The Bertz CT molecular complexity index is 892. The number of aliphatic hydroxyl groups is 2. The van der Waals surface area contributed by atoms with Gasteiger partial charge in [-0.25, -0.2) is 4.79 Å². The molecule has 3 N–H and O–H groups in total. The molecular weight excluding hydrogens is 586 g/mol. The van der Waals surface area contributed by atoms with Gasteiger partial charge >= 0.3 is 94.4 Å². The van der Waals surface area contributed by atoms with E-state index < -0.39 is 58.0 Å². The Labute approximate surface area is 242 Å². The second-order valence-corrected chi connectivity index (χ2v) is 8.82. The molecule has 1 fully saturated rings. The summed E-state index contributed by atoms with van der Waals surface area (Å²) in [7, 11) is -11.4. The molecule has 2 rings (SSSR count). The van der Waals surface area contributed by atoms with Crippen molar-refractivity contribution in [1.29, 1.82) is 0 Å². The van der Waals surface area contributed by atoms with Crippen molar-refractivity contribution in [2.45, 2.75) is 24.5 Å². The zero-order valence-electron chi connectivity index (χ0n) is 15.3. The van der Waals surface area contributed by atoms with Gasteiger partial charge in [0.2, 0.25) is 0 Å². The minimum atomic E-state index is -5.89. The maximum absolute atomic E-state index is 11.8. The summed E-state index contributed by atoms with van der Waals surface area (Å²) < 4.78 is 34.8. The third-order valence-electron chi connectivity index (χ3n) is 3.13. The van der Waals surface area contributed by atoms with Crippen molar-refractivity contribution in [2.24, 2.45) is 0 Å². The van der Waals surface area contributed by atoms with Gasteiger partial charge in [0.1, 0.15) is 18.3 Å². The standard InChI is InChI=1S/C9H13IN2O12P2.3Na/c10-3-1-12(9(16)11-7(3)15)8-6(14)5(13)4(23-8)2-22-26(20,21)24-25(17,18)19;;;/h1,4-6,8,13-14H,2H2,(H,20,21)(H,11,15,16)(H2,17,18,19);;;/q;3*+1/p-3/t4-,5-,6-,8-;;;/m1.../s1. The molecule has 14 nitrogen and oxygen atoms in total.